The molecular formula is C15H20O3. The van der Waals surface area contributed by atoms with Gasteiger partial charge in [0.05, 0.1) is 19.1 Å². The third-order valence-corrected chi connectivity index (χ3v) is 4.11. The lowest BCUT2D eigenvalue weighted by Crippen LogP contribution is -2.41. The highest BCUT2D eigenvalue weighted by atomic mass is 16.5. The molecule has 1 aliphatic rings. The van der Waals surface area contributed by atoms with E-state index in [1.165, 1.54) is 12.7 Å². The number of rotatable bonds is 2. The molecule has 0 spiro atoms. The lowest BCUT2D eigenvalue weighted by molar-refractivity contribution is -0.152. The van der Waals surface area contributed by atoms with Gasteiger partial charge in [0.25, 0.3) is 0 Å². The van der Waals surface area contributed by atoms with Gasteiger partial charge in [-0.15, -0.1) is 0 Å². The molecule has 0 unspecified atom stereocenters. The minimum atomic E-state index is -0.614. The molecule has 3 atom stereocenters. The van der Waals surface area contributed by atoms with Crippen LogP contribution in [0, 0.1) is 5.92 Å². The number of benzene rings is 1. The van der Waals surface area contributed by atoms with Crippen molar-refractivity contribution >= 4 is 5.97 Å². The molecule has 0 heterocycles. The zero-order valence-electron chi connectivity index (χ0n) is 10.9. The summed E-state index contributed by atoms with van der Waals surface area (Å²) in [5.41, 5.74) is 1.18. The first-order valence-corrected chi connectivity index (χ1v) is 6.38. The maximum absolute atomic E-state index is 11.5. The second-order valence-electron chi connectivity index (χ2n) is 5.37. The second-order valence-corrected chi connectivity index (χ2v) is 5.37. The highest BCUT2D eigenvalue weighted by molar-refractivity contribution is 5.73. The van der Waals surface area contributed by atoms with Crippen LogP contribution in [0.25, 0.3) is 0 Å². The van der Waals surface area contributed by atoms with Crippen LogP contribution in [0.3, 0.4) is 0 Å². The molecule has 1 fully saturated rings. The van der Waals surface area contributed by atoms with Crippen molar-refractivity contribution in [3.8, 4) is 0 Å². The molecule has 0 bridgehead atoms. The predicted molar refractivity (Wildman–Crippen MR) is 69.2 cm³/mol. The van der Waals surface area contributed by atoms with Gasteiger partial charge in [0.1, 0.15) is 0 Å². The minimum Gasteiger partial charge on any atom is -0.469 e. The Hall–Kier alpha value is -1.35. The van der Waals surface area contributed by atoms with E-state index in [-0.39, 0.29) is 17.3 Å². The topological polar surface area (TPSA) is 46.5 Å². The lowest BCUT2D eigenvalue weighted by atomic mass is 9.66. The van der Waals surface area contributed by atoms with Gasteiger partial charge >= 0.3 is 5.97 Å². The molecule has 0 amide bonds. The van der Waals surface area contributed by atoms with Gasteiger partial charge in [-0.1, -0.05) is 37.3 Å². The second kappa shape index (κ2) is 5.11. The first kappa shape index (κ1) is 13.1. The zero-order valence-corrected chi connectivity index (χ0v) is 10.9. The third-order valence-electron chi connectivity index (χ3n) is 4.11. The standard InChI is InChI=1S/C15H20O3/c1-15(11-6-4-3-5-7-11)9-8-12(13(16)10-15)14(17)18-2/h3-7,12-13,16H,8-10H2,1-2H3/t12-,13+,15+/m1/s1. The number of methoxy groups -OCH3 is 1. The van der Waals surface area contributed by atoms with Gasteiger partial charge in [0.15, 0.2) is 0 Å². The Morgan fingerprint density at radius 2 is 2.06 bits per heavy atom. The summed E-state index contributed by atoms with van der Waals surface area (Å²) in [6.07, 6.45) is 1.57. The minimum absolute atomic E-state index is 0.0504. The van der Waals surface area contributed by atoms with E-state index in [1.807, 2.05) is 18.2 Å². The number of carbonyl (C=O) groups excluding carboxylic acids is 1. The van der Waals surface area contributed by atoms with Crippen LogP contribution in [-0.4, -0.2) is 24.3 Å². The van der Waals surface area contributed by atoms with Crippen LogP contribution >= 0.6 is 0 Å². The van der Waals surface area contributed by atoms with E-state index < -0.39 is 6.10 Å². The van der Waals surface area contributed by atoms with Crippen LogP contribution in [0.1, 0.15) is 31.7 Å². The quantitative estimate of drug-likeness (QED) is 0.817. The molecule has 1 N–H and O–H groups in total. The highest BCUT2D eigenvalue weighted by Gasteiger charge is 2.41. The number of ether oxygens (including phenoxy) is 1. The van der Waals surface area contributed by atoms with Crippen LogP contribution in [0.15, 0.2) is 30.3 Å². The van der Waals surface area contributed by atoms with Crippen molar-refractivity contribution in [1.29, 1.82) is 0 Å². The van der Waals surface area contributed by atoms with Gasteiger partial charge in [-0.05, 0) is 30.2 Å². The molecule has 1 aromatic carbocycles. The summed E-state index contributed by atoms with van der Waals surface area (Å²) in [6, 6.07) is 10.2. The van der Waals surface area contributed by atoms with Gasteiger partial charge < -0.3 is 9.84 Å². The molecule has 2 rings (SSSR count). The van der Waals surface area contributed by atoms with Gasteiger partial charge in [-0.3, -0.25) is 4.79 Å². The molecule has 1 aromatic rings. The van der Waals surface area contributed by atoms with Crippen molar-refractivity contribution in [1.82, 2.24) is 0 Å². The molecule has 18 heavy (non-hydrogen) atoms. The van der Waals surface area contributed by atoms with Crippen LogP contribution in [-0.2, 0) is 14.9 Å². The first-order valence-electron chi connectivity index (χ1n) is 6.38. The number of hydrogen-bond donors (Lipinski definition) is 1. The Balaban J connectivity index is 2.14. The predicted octanol–water partition coefficient (Wildman–Crippen LogP) is 2.28. The summed E-state index contributed by atoms with van der Waals surface area (Å²) < 4.78 is 4.74. The molecule has 0 radical (unpaired) electrons. The molecule has 0 saturated heterocycles. The molecule has 3 heteroatoms. The van der Waals surface area contributed by atoms with Gasteiger partial charge in [-0.25, -0.2) is 0 Å². The lowest BCUT2D eigenvalue weighted by Gasteiger charge is -2.40. The number of hydrogen-bond acceptors (Lipinski definition) is 3. The normalized spacial score (nSPS) is 31.9. The molecule has 3 nitrogen and oxygen atoms in total. The van der Waals surface area contributed by atoms with Crippen LogP contribution in [0.5, 0.6) is 0 Å². The maximum Gasteiger partial charge on any atom is 0.311 e. The van der Waals surface area contributed by atoms with E-state index in [1.54, 1.807) is 0 Å². The monoisotopic (exact) mass is 248 g/mol. The van der Waals surface area contributed by atoms with Crippen molar-refractivity contribution in [3.05, 3.63) is 35.9 Å². The summed E-state index contributed by atoms with van der Waals surface area (Å²) >= 11 is 0. The van der Waals surface area contributed by atoms with E-state index >= 15 is 0 Å². The molecule has 98 valence electrons. The van der Waals surface area contributed by atoms with Crippen LogP contribution in [0.4, 0.5) is 0 Å². The van der Waals surface area contributed by atoms with E-state index in [4.69, 9.17) is 4.74 Å². The third kappa shape index (κ3) is 2.41. The Labute approximate surface area is 108 Å². The Kier molecular flexibility index (Phi) is 3.71. The van der Waals surface area contributed by atoms with Gasteiger partial charge in [0.2, 0.25) is 0 Å². The largest absolute Gasteiger partial charge is 0.469 e. The maximum atomic E-state index is 11.5. The molecule has 0 aromatic heterocycles. The summed E-state index contributed by atoms with van der Waals surface area (Å²) in [5, 5.41) is 10.2. The van der Waals surface area contributed by atoms with Crippen molar-refractivity contribution in [2.75, 3.05) is 7.11 Å². The summed E-state index contributed by atoms with van der Waals surface area (Å²) in [6.45, 7) is 2.15. The SMILES string of the molecule is COC(=O)[C@@H]1CC[C@](C)(c2ccccc2)C[C@@H]1O. The smallest absolute Gasteiger partial charge is 0.311 e. The Morgan fingerprint density at radius 1 is 1.39 bits per heavy atom. The van der Waals surface area contributed by atoms with Gasteiger partial charge in [-0.2, -0.15) is 0 Å². The molecular weight excluding hydrogens is 228 g/mol. The molecule has 0 aliphatic heterocycles. The van der Waals surface area contributed by atoms with E-state index in [0.29, 0.717) is 12.8 Å². The first-order chi connectivity index (χ1) is 8.57. The van der Waals surface area contributed by atoms with E-state index in [0.717, 1.165) is 6.42 Å². The number of aliphatic hydroxyl groups excluding tert-OH is 1. The average molecular weight is 248 g/mol. The fourth-order valence-corrected chi connectivity index (χ4v) is 2.90. The number of aliphatic hydroxyl groups is 1. The van der Waals surface area contributed by atoms with E-state index in [9.17, 15) is 9.90 Å². The van der Waals surface area contributed by atoms with Crippen LogP contribution in [0.2, 0.25) is 0 Å². The van der Waals surface area contributed by atoms with Crippen LogP contribution < -0.4 is 0 Å². The number of esters is 1. The number of carbonyl (C=O) groups is 1. The summed E-state index contributed by atoms with van der Waals surface area (Å²) in [7, 11) is 1.38. The Morgan fingerprint density at radius 3 is 2.61 bits per heavy atom. The zero-order chi connectivity index (χ0) is 13.2. The van der Waals surface area contributed by atoms with Crippen molar-refractivity contribution in [3.63, 3.8) is 0 Å². The fraction of sp³-hybridized carbons (Fsp3) is 0.533. The van der Waals surface area contributed by atoms with Gasteiger partial charge in [0, 0.05) is 0 Å². The van der Waals surface area contributed by atoms with Crippen molar-refractivity contribution in [2.24, 2.45) is 5.92 Å². The van der Waals surface area contributed by atoms with Crippen molar-refractivity contribution < 1.29 is 14.6 Å². The van der Waals surface area contributed by atoms with E-state index in [2.05, 4.69) is 19.1 Å². The Bertz CT molecular complexity index is 415. The highest BCUT2D eigenvalue weighted by Crippen LogP contribution is 2.41. The molecule has 1 aliphatic carbocycles. The average Bonchev–Trinajstić information content (AvgIpc) is 2.39. The summed E-state index contributed by atoms with van der Waals surface area (Å²) in [5.74, 6) is -0.663. The molecule has 1 saturated carbocycles. The summed E-state index contributed by atoms with van der Waals surface area (Å²) in [4.78, 5) is 11.5. The van der Waals surface area contributed by atoms with Crippen molar-refractivity contribution in [2.45, 2.75) is 37.7 Å². The fourth-order valence-electron chi connectivity index (χ4n) is 2.90.